The zero-order valence-corrected chi connectivity index (χ0v) is 36.8. The van der Waals surface area contributed by atoms with Crippen molar-refractivity contribution in [1.82, 2.24) is 26.2 Å². The SMILES string of the molecule is CC(C)[C@H](NC(=O)[C@H](CCC(=O)O)NC(=O)[C@@H](N)CC(=O)O)C(=O)N[C@H](C(=O)N1CCC[C@H]1C(=O)N[C@@H](CCc1ccccc1F)B1O[C@@H]2C[C@@H]3C[C@H](C3(C)C)[C@]2(C)O1)C(C)C. The number of carboxylic acid groups (broad SMARTS) is 2. The number of aliphatic carboxylic acids is 2. The van der Waals surface area contributed by atoms with Crippen LogP contribution < -0.4 is 27.0 Å². The third-order valence-corrected chi connectivity index (χ3v) is 13.6. The minimum absolute atomic E-state index is 0.0877. The van der Waals surface area contributed by atoms with Gasteiger partial charge in [0.1, 0.15) is 30.0 Å². The zero-order valence-electron chi connectivity index (χ0n) is 36.8. The number of rotatable bonds is 20. The Balaban J connectivity index is 1.29. The van der Waals surface area contributed by atoms with Crippen molar-refractivity contribution in [3.8, 4) is 0 Å². The van der Waals surface area contributed by atoms with Gasteiger partial charge in [0.05, 0.1) is 30.1 Å². The normalized spacial score (nSPS) is 26.0. The predicted octanol–water partition coefficient (Wildman–Crippen LogP) is 1.93. The molecule has 1 aromatic carbocycles. The molecular formula is C43H64BFN6O11. The zero-order chi connectivity index (χ0) is 45.8. The Kier molecular flexibility index (Phi) is 15.5. The molecule has 2 heterocycles. The molecule has 2 aliphatic heterocycles. The van der Waals surface area contributed by atoms with E-state index in [2.05, 4.69) is 42.0 Å². The number of benzene rings is 1. The van der Waals surface area contributed by atoms with E-state index in [1.54, 1.807) is 45.9 Å². The number of aryl methyl sites for hydroxylation is 1. The van der Waals surface area contributed by atoms with Gasteiger partial charge in [-0.15, -0.1) is 0 Å². The van der Waals surface area contributed by atoms with Gasteiger partial charge in [0.15, 0.2) is 0 Å². The van der Waals surface area contributed by atoms with E-state index in [9.17, 15) is 43.1 Å². The molecule has 0 aromatic heterocycles. The number of nitrogens with zero attached hydrogens (tertiary/aromatic N) is 1. The van der Waals surface area contributed by atoms with Crippen molar-refractivity contribution in [2.45, 2.75) is 154 Å². The second-order valence-corrected chi connectivity index (χ2v) is 18.9. The van der Waals surface area contributed by atoms with E-state index >= 15 is 0 Å². The van der Waals surface area contributed by atoms with Crippen molar-refractivity contribution in [1.29, 1.82) is 0 Å². The van der Waals surface area contributed by atoms with E-state index in [1.807, 2.05) is 0 Å². The fourth-order valence-corrected chi connectivity index (χ4v) is 9.76. The summed E-state index contributed by atoms with van der Waals surface area (Å²) < 4.78 is 28.1. The monoisotopic (exact) mass is 870 g/mol. The van der Waals surface area contributed by atoms with E-state index in [0.717, 1.165) is 12.8 Å². The maximum absolute atomic E-state index is 14.8. The Morgan fingerprint density at radius 2 is 1.55 bits per heavy atom. The average Bonchev–Trinajstić information content (AvgIpc) is 3.83. The molecule has 0 radical (unpaired) electrons. The number of halogens is 1. The van der Waals surface area contributed by atoms with E-state index in [-0.39, 0.29) is 36.2 Å². The van der Waals surface area contributed by atoms with Crippen molar-refractivity contribution in [3.05, 3.63) is 35.6 Å². The Morgan fingerprint density at radius 1 is 0.887 bits per heavy atom. The second-order valence-electron chi connectivity index (χ2n) is 18.9. The van der Waals surface area contributed by atoms with Crippen LogP contribution in [0.1, 0.15) is 105 Å². The number of hydrogen-bond acceptors (Lipinski definition) is 10. The number of carbonyl (C=O) groups excluding carboxylic acids is 5. The van der Waals surface area contributed by atoms with Crippen LogP contribution in [0.3, 0.4) is 0 Å². The van der Waals surface area contributed by atoms with Crippen molar-refractivity contribution < 1.29 is 57.5 Å². The highest BCUT2D eigenvalue weighted by atomic mass is 19.1. The lowest BCUT2D eigenvalue weighted by Gasteiger charge is -2.64. The molecule has 342 valence electrons. The summed E-state index contributed by atoms with van der Waals surface area (Å²) in [4.78, 5) is 92.6. The maximum atomic E-state index is 14.8. The molecule has 19 heteroatoms. The molecule has 10 atom stereocenters. The van der Waals surface area contributed by atoms with Gasteiger partial charge >= 0.3 is 19.1 Å². The number of nitrogens with two attached hydrogens (primary N) is 1. The quantitative estimate of drug-likeness (QED) is 0.0929. The first kappa shape index (κ1) is 48.4. The lowest BCUT2D eigenvalue weighted by Crippen LogP contribution is -2.65. The topological polar surface area (TPSA) is 256 Å². The van der Waals surface area contributed by atoms with Gasteiger partial charge in [0.2, 0.25) is 29.5 Å². The van der Waals surface area contributed by atoms with Crippen LogP contribution in [-0.4, -0.2) is 118 Å². The van der Waals surface area contributed by atoms with Crippen LogP contribution in [0.15, 0.2) is 24.3 Å². The number of likely N-dealkylation sites (tertiary alicyclic amines) is 1. The van der Waals surface area contributed by atoms with Crippen molar-refractivity contribution in [2.75, 3.05) is 6.54 Å². The summed E-state index contributed by atoms with van der Waals surface area (Å²) in [5.74, 6) is -7.45. The first-order valence-electron chi connectivity index (χ1n) is 21.8. The highest BCUT2D eigenvalue weighted by molar-refractivity contribution is 6.48. The summed E-state index contributed by atoms with van der Waals surface area (Å²) in [7, 11) is -0.800. The van der Waals surface area contributed by atoms with Crippen LogP contribution in [0.25, 0.3) is 0 Å². The number of nitrogens with one attached hydrogen (secondary N) is 4. The van der Waals surface area contributed by atoms with Gasteiger partial charge in [-0.25, -0.2) is 4.39 Å². The fourth-order valence-electron chi connectivity index (χ4n) is 9.76. The molecule has 3 aliphatic carbocycles. The van der Waals surface area contributed by atoms with E-state index < -0.39 is 115 Å². The summed E-state index contributed by atoms with van der Waals surface area (Å²) in [5, 5.41) is 29.0. The average molecular weight is 871 g/mol. The van der Waals surface area contributed by atoms with E-state index in [1.165, 1.54) is 11.0 Å². The first-order chi connectivity index (χ1) is 29.0. The number of carboxylic acids is 2. The van der Waals surface area contributed by atoms with Crippen LogP contribution >= 0.6 is 0 Å². The Bertz CT molecular complexity index is 1870. The van der Waals surface area contributed by atoms with E-state index in [0.29, 0.717) is 37.2 Å². The molecule has 2 saturated heterocycles. The molecule has 5 amide bonds. The Labute approximate surface area is 362 Å². The van der Waals surface area contributed by atoms with Crippen LogP contribution in [0.5, 0.6) is 0 Å². The minimum atomic E-state index is -1.52. The fraction of sp³-hybridized carbons (Fsp3) is 0.698. The molecule has 62 heavy (non-hydrogen) atoms. The molecule has 17 nitrogen and oxygen atoms in total. The molecule has 8 N–H and O–H groups in total. The van der Waals surface area contributed by atoms with Crippen LogP contribution in [-0.2, 0) is 49.3 Å². The lowest BCUT2D eigenvalue weighted by atomic mass is 9.43. The summed E-state index contributed by atoms with van der Waals surface area (Å²) in [6.45, 7) is 13.6. The van der Waals surface area contributed by atoms with Crippen molar-refractivity contribution in [3.63, 3.8) is 0 Å². The van der Waals surface area contributed by atoms with Gasteiger partial charge in [0, 0.05) is 13.0 Å². The maximum Gasteiger partial charge on any atom is 0.481 e. The highest BCUT2D eigenvalue weighted by Gasteiger charge is 2.68. The second kappa shape index (κ2) is 19.8. The molecule has 6 rings (SSSR count). The summed E-state index contributed by atoms with van der Waals surface area (Å²) in [6.07, 6.45) is 1.53. The number of carbonyl (C=O) groups is 7. The molecular weight excluding hydrogens is 806 g/mol. The van der Waals surface area contributed by atoms with Gasteiger partial charge < -0.3 is 51.4 Å². The van der Waals surface area contributed by atoms with Crippen molar-refractivity contribution in [2.24, 2.45) is 34.8 Å². The predicted molar refractivity (Wildman–Crippen MR) is 224 cm³/mol. The smallest absolute Gasteiger partial charge is 0.481 e. The molecule has 5 fully saturated rings. The first-order valence-corrected chi connectivity index (χ1v) is 21.8. The molecule has 1 aromatic rings. The molecule has 0 unspecified atom stereocenters. The summed E-state index contributed by atoms with van der Waals surface area (Å²) in [6, 6.07) is 0.196. The van der Waals surface area contributed by atoms with Gasteiger partial charge in [0.25, 0.3) is 0 Å². The third-order valence-electron chi connectivity index (χ3n) is 13.6. The highest BCUT2D eigenvalue weighted by Crippen LogP contribution is 2.65. The van der Waals surface area contributed by atoms with Gasteiger partial charge in [-0.1, -0.05) is 59.7 Å². The minimum Gasteiger partial charge on any atom is -0.481 e. The molecule has 0 spiro atoms. The number of hydrogen-bond donors (Lipinski definition) is 7. The molecule has 5 aliphatic rings. The van der Waals surface area contributed by atoms with Crippen LogP contribution in [0.2, 0.25) is 0 Å². The molecule has 2 bridgehead atoms. The lowest BCUT2D eigenvalue weighted by molar-refractivity contribution is -0.199. The Hall–Kier alpha value is -4.62. The summed E-state index contributed by atoms with van der Waals surface area (Å²) in [5.41, 5.74) is 5.67. The summed E-state index contributed by atoms with van der Waals surface area (Å²) >= 11 is 0. The standard InChI is InChI=1S/C43H64BFN6O11/c1-22(2)35(49-38(57)28(15-17-33(52)53)47-37(56)27(46)21-34(54)55)40(59)50-36(23(3)4)41(60)51-18-10-13-29(51)39(58)48-32(16-14-24-11-8-9-12-26(24)45)44-61-31-20-25-19-30(42(25,5)6)43(31,7)62-44/h8-9,11-12,22-23,25,27-32,35-36H,10,13-21,46H2,1-7H3,(H,47,56)(H,48,58)(H,49,57)(H,50,59)(H,52,53)(H,54,55)/t25-,27-,28-,29-,30+,31+,32-,35-,36-,43-/m0/s1. The number of amides is 5. The largest absolute Gasteiger partial charge is 0.481 e. The third kappa shape index (κ3) is 10.8. The van der Waals surface area contributed by atoms with Gasteiger partial charge in [-0.3, -0.25) is 33.6 Å². The van der Waals surface area contributed by atoms with Crippen LogP contribution in [0.4, 0.5) is 4.39 Å². The van der Waals surface area contributed by atoms with Gasteiger partial charge in [-0.2, -0.15) is 0 Å². The van der Waals surface area contributed by atoms with Gasteiger partial charge in [-0.05, 0) is 92.6 Å². The van der Waals surface area contributed by atoms with Crippen LogP contribution in [0, 0.1) is 34.9 Å². The van der Waals surface area contributed by atoms with Crippen molar-refractivity contribution >= 4 is 48.6 Å². The van der Waals surface area contributed by atoms with E-state index in [4.69, 9.17) is 20.1 Å². The molecule has 3 saturated carbocycles. The Morgan fingerprint density at radius 3 is 2.16 bits per heavy atom.